The summed E-state index contributed by atoms with van der Waals surface area (Å²) < 4.78 is 89.7. The zero-order valence-corrected chi connectivity index (χ0v) is 56.8. The minimum absolute atomic E-state index is 0.0946. The molecule has 0 radical (unpaired) electrons. The molecule has 0 spiro atoms. The zero-order valence-electron chi connectivity index (χ0n) is 56.8. The molecule has 2 fully saturated rings. The van der Waals surface area contributed by atoms with Gasteiger partial charge < -0.3 is 81.5 Å². The molecular weight excluding hydrogens is 1330 g/mol. The maximum Gasteiger partial charge on any atom is 0.332 e. The molecule has 1 amide bonds. The molecule has 0 saturated carbocycles. The van der Waals surface area contributed by atoms with E-state index in [1.165, 1.54) is 33.9 Å². The summed E-state index contributed by atoms with van der Waals surface area (Å²) in [5.74, 6) is -15.9. The molecule has 13 atom stereocenters. The molecule has 101 heavy (non-hydrogen) atoms. The number of aryl methyl sites for hydroxylation is 1. The number of carbonyl (C=O) groups excluding carboxylic acids is 13. The van der Waals surface area contributed by atoms with Crippen LogP contribution < -0.4 is 24.3 Å². The van der Waals surface area contributed by atoms with Crippen LogP contribution in [-0.2, 0) is 100 Å². The normalized spacial score (nSPS) is 22.3. The second kappa shape index (κ2) is 31.2. The Labute approximate surface area is 576 Å². The second-order valence-corrected chi connectivity index (χ2v) is 23.8. The number of ketones is 2. The molecule has 2 aliphatic heterocycles. The number of hydrogen-bond acceptors (Lipinski definition) is 29. The minimum atomic E-state index is -2.10. The Kier molecular flexibility index (Phi) is 23.0. The van der Waals surface area contributed by atoms with Crippen LogP contribution in [0.15, 0.2) is 84.9 Å². The van der Waals surface area contributed by atoms with Crippen LogP contribution >= 0.6 is 0 Å². The summed E-state index contributed by atoms with van der Waals surface area (Å²) in [6.45, 7) is 12.1. The van der Waals surface area contributed by atoms with E-state index in [4.69, 9.17) is 71.1 Å². The van der Waals surface area contributed by atoms with Gasteiger partial charge in [-0.1, -0.05) is 66.7 Å². The molecule has 4 aliphatic rings. The van der Waals surface area contributed by atoms with Gasteiger partial charge in [0, 0.05) is 96.2 Å². The highest BCUT2D eigenvalue weighted by Gasteiger charge is 2.57. The van der Waals surface area contributed by atoms with Gasteiger partial charge >= 0.3 is 59.7 Å². The number of esters is 10. The van der Waals surface area contributed by atoms with Crippen molar-refractivity contribution < 1.29 is 138 Å². The first kappa shape index (κ1) is 74.4. The molecule has 0 unspecified atom stereocenters. The van der Waals surface area contributed by atoms with Crippen LogP contribution in [-0.4, -0.2) is 163 Å². The fourth-order valence-corrected chi connectivity index (χ4v) is 12.4. The van der Waals surface area contributed by atoms with Gasteiger partial charge in [0.2, 0.25) is 0 Å². The summed E-state index contributed by atoms with van der Waals surface area (Å²) in [4.78, 5) is 180. The van der Waals surface area contributed by atoms with E-state index in [2.05, 4.69) is 5.32 Å². The van der Waals surface area contributed by atoms with E-state index in [0.717, 1.165) is 80.5 Å². The summed E-state index contributed by atoms with van der Waals surface area (Å²) in [7, 11) is 1.22. The second-order valence-electron chi connectivity index (χ2n) is 23.8. The van der Waals surface area contributed by atoms with Gasteiger partial charge in [-0.15, -0.1) is 0 Å². The summed E-state index contributed by atoms with van der Waals surface area (Å²) in [6, 6.07) is 19.7. The highest BCUT2D eigenvalue weighted by atomic mass is 16.8. The van der Waals surface area contributed by atoms with E-state index >= 15 is 14.4 Å². The van der Waals surface area contributed by atoms with Crippen LogP contribution in [0.5, 0.6) is 23.0 Å². The third-order valence-electron chi connectivity index (χ3n) is 16.1. The van der Waals surface area contributed by atoms with Gasteiger partial charge in [0.15, 0.2) is 84.4 Å². The highest BCUT2D eigenvalue weighted by molar-refractivity contribution is 6.31. The molecule has 30 heteroatoms. The van der Waals surface area contributed by atoms with Gasteiger partial charge in [-0.2, -0.15) is 0 Å². The molecular formula is C71H71NO29. The highest BCUT2D eigenvalue weighted by Crippen LogP contribution is 2.59. The lowest BCUT2D eigenvalue weighted by Crippen LogP contribution is -2.65. The average molecular weight is 1400 g/mol. The van der Waals surface area contributed by atoms with Gasteiger partial charge in [-0.3, -0.25) is 57.5 Å². The topological polar surface area (TPSA) is 393 Å². The molecule has 30 nitrogen and oxygen atoms in total. The lowest BCUT2D eigenvalue weighted by molar-refractivity contribution is -0.355. The predicted molar refractivity (Wildman–Crippen MR) is 339 cm³/mol. The van der Waals surface area contributed by atoms with E-state index in [9.17, 15) is 53.1 Å². The van der Waals surface area contributed by atoms with Crippen LogP contribution in [0.25, 0.3) is 11.1 Å². The summed E-state index contributed by atoms with van der Waals surface area (Å²) >= 11 is 0. The van der Waals surface area contributed by atoms with Crippen LogP contribution in [0, 0.1) is 6.92 Å². The summed E-state index contributed by atoms with van der Waals surface area (Å²) in [5.41, 5.74) is -3.71. The molecule has 5 aromatic carbocycles. The van der Waals surface area contributed by atoms with Crippen molar-refractivity contribution in [3.63, 3.8) is 0 Å². The standard InChI is InChI=1S/C71H71NO29/c1-29-24-46-52(63(95-37(9)79)50(29)68(85)72-55(30(2)73)69(86)99-59(41-20-16-14-17-21-41)42-22-18-15-19-23-42)53-47(27-45-54(64(53)96-38(10)80)57(84)44-25-43(87-13)26-48(90-32(4)74)51(44)56(45)83)60(93-35(7)77)61(46)100-71-67(98-40(12)82)65(58(31(3)89-71)92-34(6)76)101-70-66(97-39(11)81)62(94-36(8)78)49(28-88-70)91-33(5)75/h14-27,30-31,49,55,58-62,65-67,70-71,73H,28H2,1-13H3,(H,72,85)/t30-,31-,49-,55-,58+,60+,61+,62+,65+,66-,67-,70+,71+/m1/s1. The van der Waals surface area contributed by atoms with E-state index in [1.807, 2.05) is 0 Å². The fourth-order valence-electron chi connectivity index (χ4n) is 12.4. The van der Waals surface area contributed by atoms with Crippen LogP contribution in [0.2, 0.25) is 0 Å². The van der Waals surface area contributed by atoms with Crippen molar-refractivity contribution in [1.82, 2.24) is 5.32 Å². The third kappa shape index (κ3) is 16.3. The Morgan fingerprint density at radius 3 is 1.55 bits per heavy atom. The molecule has 2 saturated heterocycles. The maximum atomic E-state index is 15.6. The Hall–Kier alpha value is -10.8. The molecule has 2 N–H and O–H groups in total. The van der Waals surface area contributed by atoms with Crippen molar-refractivity contribution in [2.24, 2.45) is 0 Å². The smallest absolute Gasteiger partial charge is 0.332 e. The van der Waals surface area contributed by atoms with Crippen molar-refractivity contribution in [2.45, 2.75) is 169 Å². The monoisotopic (exact) mass is 1400 g/mol. The first-order valence-electron chi connectivity index (χ1n) is 31.4. The number of amides is 1. The van der Waals surface area contributed by atoms with E-state index in [1.54, 1.807) is 60.7 Å². The first-order chi connectivity index (χ1) is 47.8. The number of aliphatic hydroxyl groups excluding tert-OH is 1. The summed E-state index contributed by atoms with van der Waals surface area (Å²) in [5, 5.41) is 13.9. The number of aliphatic hydroxyl groups is 1. The first-order valence-corrected chi connectivity index (χ1v) is 31.4. The number of methoxy groups -OCH3 is 1. The Balaban J connectivity index is 1.30. The number of ether oxygens (including phenoxy) is 15. The van der Waals surface area contributed by atoms with Gasteiger partial charge in [0.1, 0.15) is 23.7 Å². The van der Waals surface area contributed by atoms with Gasteiger partial charge in [0.05, 0.1) is 42.6 Å². The fraction of sp³-hybridized carbons (Fsp3) is 0.394. The van der Waals surface area contributed by atoms with Gasteiger partial charge in [-0.25, -0.2) is 4.79 Å². The molecule has 5 aromatic rings. The van der Waals surface area contributed by atoms with Crippen molar-refractivity contribution in [3.05, 3.63) is 141 Å². The largest absolute Gasteiger partial charge is 0.497 e. The van der Waals surface area contributed by atoms with Crippen LogP contribution in [0.3, 0.4) is 0 Å². The van der Waals surface area contributed by atoms with Crippen molar-refractivity contribution in [1.29, 1.82) is 0 Å². The lowest BCUT2D eigenvalue weighted by Gasteiger charge is -2.48. The van der Waals surface area contributed by atoms with Crippen LogP contribution in [0.4, 0.5) is 0 Å². The van der Waals surface area contributed by atoms with Crippen LogP contribution in [0.1, 0.15) is 164 Å². The van der Waals surface area contributed by atoms with Gasteiger partial charge in [0.25, 0.3) is 5.91 Å². The zero-order chi connectivity index (χ0) is 73.7. The van der Waals surface area contributed by atoms with Crippen molar-refractivity contribution in [3.8, 4) is 34.1 Å². The Morgan fingerprint density at radius 1 is 0.525 bits per heavy atom. The molecule has 0 bridgehead atoms. The van der Waals surface area contributed by atoms with E-state index < -0.39 is 231 Å². The minimum Gasteiger partial charge on any atom is -0.497 e. The Morgan fingerprint density at radius 2 is 1.02 bits per heavy atom. The van der Waals surface area contributed by atoms with Gasteiger partial charge in [-0.05, 0) is 55.2 Å². The van der Waals surface area contributed by atoms with E-state index in [-0.39, 0.29) is 16.9 Å². The lowest BCUT2D eigenvalue weighted by atomic mass is 9.73. The number of nitrogens with one attached hydrogen (secondary N) is 1. The number of hydrogen-bond donors (Lipinski definition) is 2. The molecule has 534 valence electrons. The number of benzene rings is 5. The predicted octanol–water partition coefficient (Wildman–Crippen LogP) is 5.85. The summed E-state index contributed by atoms with van der Waals surface area (Å²) in [6.07, 6.45) is -22.8. The quantitative estimate of drug-likeness (QED) is 0.0484. The number of fused-ring (bicyclic) bond motifs is 5. The molecule has 0 aromatic heterocycles. The number of rotatable bonds is 21. The maximum absolute atomic E-state index is 15.6. The van der Waals surface area contributed by atoms with Crippen molar-refractivity contribution >= 4 is 77.2 Å². The third-order valence-corrected chi connectivity index (χ3v) is 16.1. The molecule has 9 rings (SSSR count). The average Bonchev–Trinajstić information content (AvgIpc) is 0.698. The molecule has 2 aliphatic carbocycles. The van der Waals surface area contributed by atoms with E-state index in [0.29, 0.717) is 11.1 Å². The van der Waals surface area contributed by atoms with Crippen molar-refractivity contribution in [2.75, 3.05) is 13.7 Å². The molecule has 2 heterocycles. The number of carbonyl (C=O) groups is 13. The Bertz CT molecular complexity index is 4120. The SMILES string of the molecule is COc1cc(OC(C)=O)c2c(c1)C(=O)c1c(cc3c(c1OC(C)=O)-c1c(cc(C)c(C(=O)N[C@@H](C(=O)OC(c4ccccc4)c4ccccc4)[C@@H](C)O)c1OC(C)=O)[C@H](O[C@@H]1O[C@H](C)[C@H](OC(C)=O)[C@H](O[C@@H]4OC[C@@H](OC(C)=O)[C@H](OC(C)=O)[C@H]4OC(C)=O)[C@H]1OC(C)=O)[C@H]3OC(C)=O)C2=O.